The maximum Gasteiger partial charge on any atom is 0.0589 e. The summed E-state index contributed by atoms with van der Waals surface area (Å²) in [4.78, 5) is 2.27. The summed E-state index contributed by atoms with van der Waals surface area (Å²) in [6.45, 7) is 9.41. The number of rotatable bonds is 9. The summed E-state index contributed by atoms with van der Waals surface area (Å²) >= 11 is 0. The zero-order valence-corrected chi connectivity index (χ0v) is 9.54. The molecule has 14 heavy (non-hydrogen) atoms. The third-order valence-electron chi connectivity index (χ3n) is 2.15. The van der Waals surface area contributed by atoms with Crippen molar-refractivity contribution >= 4 is 0 Å². The fourth-order valence-electron chi connectivity index (χ4n) is 1.45. The number of nitrogens with two attached hydrogens (primary N) is 1. The third-order valence-corrected chi connectivity index (χ3v) is 2.15. The Morgan fingerprint density at radius 3 is 2.79 bits per heavy atom. The van der Waals surface area contributed by atoms with Gasteiger partial charge in [-0.1, -0.05) is 19.4 Å². The molecule has 0 aromatic carbocycles. The molecule has 0 radical (unpaired) electrons. The van der Waals surface area contributed by atoms with E-state index >= 15 is 0 Å². The molecule has 3 nitrogen and oxygen atoms in total. The Bertz CT molecular complexity index is 139. The van der Waals surface area contributed by atoms with Crippen LogP contribution in [-0.2, 0) is 4.74 Å². The van der Waals surface area contributed by atoms with Crippen molar-refractivity contribution in [1.29, 1.82) is 0 Å². The van der Waals surface area contributed by atoms with E-state index in [-0.39, 0.29) is 6.04 Å². The highest BCUT2D eigenvalue weighted by atomic mass is 16.5. The zero-order chi connectivity index (χ0) is 10.8. The van der Waals surface area contributed by atoms with Crippen LogP contribution in [0.5, 0.6) is 0 Å². The molecule has 0 bridgehead atoms. The van der Waals surface area contributed by atoms with Gasteiger partial charge >= 0.3 is 0 Å². The van der Waals surface area contributed by atoms with E-state index < -0.39 is 0 Å². The van der Waals surface area contributed by atoms with Crippen molar-refractivity contribution in [2.75, 3.05) is 33.4 Å². The normalized spacial score (nSPS) is 13.1. The van der Waals surface area contributed by atoms with Crippen molar-refractivity contribution in [1.82, 2.24) is 4.90 Å². The van der Waals surface area contributed by atoms with E-state index in [0.717, 1.165) is 39.1 Å². The van der Waals surface area contributed by atoms with Crippen molar-refractivity contribution in [2.24, 2.45) is 5.73 Å². The summed E-state index contributed by atoms with van der Waals surface area (Å²) < 4.78 is 5.04. The molecule has 0 aromatic rings. The van der Waals surface area contributed by atoms with Crippen LogP contribution < -0.4 is 5.73 Å². The fourth-order valence-corrected chi connectivity index (χ4v) is 1.45. The van der Waals surface area contributed by atoms with Gasteiger partial charge in [0.25, 0.3) is 0 Å². The molecule has 0 aromatic heterocycles. The van der Waals surface area contributed by atoms with Crippen molar-refractivity contribution < 1.29 is 4.74 Å². The molecule has 0 amide bonds. The van der Waals surface area contributed by atoms with Gasteiger partial charge in [-0.2, -0.15) is 0 Å². The molecular formula is C11H24N2O. The Morgan fingerprint density at radius 1 is 1.57 bits per heavy atom. The number of hydrogen-bond donors (Lipinski definition) is 1. The largest absolute Gasteiger partial charge is 0.383 e. The first-order valence-corrected chi connectivity index (χ1v) is 5.32. The van der Waals surface area contributed by atoms with Crippen LogP contribution in [0.2, 0.25) is 0 Å². The third kappa shape index (κ3) is 7.06. The lowest BCUT2D eigenvalue weighted by atomic mass is 10.1. The molecule has 0 aliphatic rings. The predicted octanol–water partition coefficient (Wildman–Crippen LogP) is 1.25. The van der Waals surface area contributed by atoms with E-state index in [1.807, 2.05) is 6.08 Å². The van der Waals surface area contributed by atoms with Gasteiger partial charge in [0.15, 0.2) is 0 Å². The molecule has 3 heteroatoms. The Hall–Kier alpha value is -0.380. The van der Waals surface area contributed by atoms with Crippen molar-refractivity contribution in [3.8, 4) is 0 Å². The molecule has 0 heterocycles. The van der Waals surface area contributed by atoms with Crippen LogP contribution in [0.25, 0.3) is 0 Å². The lowest BCUT2D eigenvalue weighted by Gasteiger charge is -2.23. The highest BCUT2D eigenvalue weighted by molar-refractivity contribution is 4.76. The molecule has 84 valence electrons. The maximum absolute atomic E-state index is 5.97. The highest BCUT2D eigenvalue weighted by Crippen LogP contribution is 1.98. The van der Waals surface area contributed by atoms with Crippen LogP contribution in [0.1, 0.15) is 19.8 Å². The minimum Gasteiger partial charge on any atom is -0.383 e. The van der Waals surface area contributed by atoms with E-state index in [9.17, 15) is 0 Å². The highest BCUT2D eigenvalue weighted by Gasteiger charge is 2.07. The van der Waals surface area contributed by atoms with Gasteiger partial charge < -0.3 is 10.5 Å². The van der Waals surface area contributed by atoms with Gasteiger partial charge in [-0.25, -0.2) is 0 Å². The van der Waals surface area contributed by atoms with Crippen LogP contribution in [0, 0.1) is 0 Å². The molecular weight excluding hydrogens is 176 g/mol. The van der Waals surface area contributed by atoms with E-state index in [1.54, 1.807) is 7.11 Å². The van der Waals surface area contributed by atoms with Crippen LogP contribution in [0.3, 0.4) is 0 Å². The van der Waals surface area contributed by atoms with E-state index in [1.165, 1.54) is 0 Å². The van der Waals surface area contributed by atoms with Crippen LogP contribution >= 0.6 is 0 Å². The summed E-state index contributed by atoms with van der Waals surface area (Å²) in [5, 5.41) is 0. The molecule has 1 atom stereocenters. The second kappa shape index (κ2) is 9.19. The van der Waals surface area contributed by atoms with Crippen LogP contribution in [0.4, 0.5) is 0 Å². The summed E-state index contributed by atoms with van der Waals surface area (Å²) in [6.07, 6.45) is 4.14. The number of methoxy groups -OCH3 is 1. The molecule has 0 aliphatic carbocycles. The topological polar surface area (TPSA) is 38.5 Å². The molecule has 0 saturated carbocycles. The minimum absolute atomic E-state index is 0.275. The van der Waals surface area contributed by atoms with Crippen molar-refractivity contribution in [3.63, 3.8) is 0 Å². The quantitative estimate of drug-likeness (QED) is 0.569. The molecule has 0 aliphatic heterocycles. The first kappa shape index (κ1) is 13.6. The van der Waals surface area contributed by atoms with Crippen LogP contribution in [0.15, 0.2) is 12.7 Å². The Morgan fingerprint density at radius 2 is 2.29 bits per heavy atom. The lowest BCUT2D eigenvalue weighted by molar-refractivity contribution is 0.150. The van der Waals surface area contributed by atoms with Gasteiger partial charge in [0.2, 0.25) is 0 Å². The smallest absolute Gasteiger partial charge is 0.0589 e. The SMILES string of the molecule is C=CCN(CCOC)CC(N)CCC. The van der Waals surface area contributed by atoms with E-state index in [0.29, 0.717) is 0 Å². The molecule has 1 unspecified atom stereocenters. The molecule has 0 fully saturated rings. The van der Waals surface area contributed by atoms with Gasteiger partial charge in [-0.05, 0) is 6.42 Å². The lowest BCUT2D eigenvalue weighted by Crippen LogP contribution is -2.39. The minimum atomic E-state index is 0.275. The average molecular weight is 200 g/mol. The van der Waals surface area contributed by atoms with Gasteiger partial charge in [-0.15, -0.1) is 6.58 Å². The second-order valence-electron chi connectivity index (χ2n) is 3.59. The number of hydrogen-bond acceptors (Lipinski definition) is 3. The Labute approximate surface area is 87.9 Å². The van der Waals surface area contributed by atoms with Gasteiger partial charge in [0.05, 0.1) is 6.61 Å². The average Bonchev–Trinajstić information content (AvgIpc) is 2.15. The molecule has 0 rings (SSSR count). The number of nitrogens with zero attached hydrogens (tertiary/aromatic N) is 1. The van der Waals surface area contributed by atoms with Gasteiger partial charge in [0, 0.05) is 32.8 Å². The van der Waals surface area contributed by atoms with Gasteiger partial charge in [0.1, 0.15) is 0 Å². The summed E-state index contributed by atoms with van der Waals surface area (Å²) in [6, 6.07) is 0.275. The standard InChI is InChI=1S/C11H24N2O/c1-4-6-11(12)10-13(7-5-2)8-9-14-3/h5,11H,2,4,6-10,12H2,1,3H3. The van der Waals surface area contributed by atoms with Crippen molar-refractivity contribution in [2.45, 2.75) is 25.8 Å². The summed E-state index contributed by atoms with van der Waals surface area (Å²) in [5.41, 5.74) is 5.97. The summed E-state index contributed by atoms with van der Waals surface area (Å²) in [5.74, 6) is 0. The zero-order valence-electron chi connectivity index (χ0n) is 9.54. The maximum atomic E-state index is 5.97. The molecule has 0 saturated heterocycles. The van der Waals surface area contributed by atoms with Crippen molar-refractivity contribution in [3.05, 3.63) is 12.7 Å². The summed E-state index contributed by atoms with van der Waals surface area (Å²) in [7, 11) is 1.72. The first-order chi connectivity index (χ1) is 6.74. The second-order valence-corrected chi connectivity index (χ2v) is 3.59. The monoisotopic (exact) mass is 200 g/mol. The van der Waals surface area contributed by atoms with Crippen LogP contribution in [-0.4, -0.2) is 44.3 Å². The Kier molecular flexibility index (Phi) is 8.94. The molecule has 0 spiro atoms. The molecule has 2 N–H and O–H groups in total. The van der Waals surface area contributed by atoms with E-state index in [2.05, 4.69) is 18.4 Å². The fraction of sp³-hybridized carbons (Fsp3) is 0.818. The first-order valence-electron chi connectivity index (χ1n) is 5.32. The predicted molar refractivity (Wildman–Crippen MR) is 61.4 cm³/mol. The van der Waals surface area contributed by atoms with Gasteiger partial charge in [-0.3, -0.25) is 4.90 Å². The number of ether oxygens (including phenoxy) is 1. The van der Waals surface area contributed by atoms with E-state index in [4.69, 9.17) is 10.5 Å². The Balaban J connectivity index is 3.75.